The normalized spacial score (nSPS) is 18.4. The van der Waals surface area contributed by atoms with E-state index in [1.807, 2.05) is 54.6 Å². The van der Waals surface area contributed by atoms with Gasteiger partial charge >= 0.3 is 12.1 Å². The summed E-state index contributed by atoms with van der Waals surface area (Å²) < 4.78 is 16.2. The lowest BCUT2D eigenvalue weighted by Crippen LogP contribution is -2.44. The van der Waals surface area contributed by atoms with Crippen LogP contribution in [0, 0.1) is 0 Å². The number of ether oxygens (including phenoxy) is 3. The van der Waals surface area contributed by atoms with Crippen LogP contribution in [0.4, 0.5) is 4.79 Å². The highest BCUT2D eigenvalue weighted by molar-refractivity contribution is 5.69. The summed E-state index contributed by atoms with van der Waals surface area (Å²) in [6.07, 6.45) is -1.20. The largest absolute Gasteiger partial charge is 0.489 e. The average Bonchev–Trinajstić information content (AvgIpc) is 2.62. The number of rotatable bonds is 4. The predicted molar refractivity (Wildman–Crippen MR) is 90.0 cm³/mol. The molecule has 3 rings (SSSR count). The van der Waals surface area contributed by atoms with E-state index in [0.717, 1.165) is 11.1 Å². The van der Waals surface area contributed by atoms with Crippen molar-refractivity contribution in [2.45, 2.75) is 25.7 Å². The van der Waals surface area contributed by atoms with Crippen LogP contribution in [-0.2, 0) is 20.9 Å². The number of hydrogen-bond acceptors (Lipinski definition) is 5. The van der Waals surface area contributed by atoms with Crippen molar-refractivity contribution in [3.05, 3.63) is 65.7 Å². The first kappa shape index (κ1) is 16.8. The minimum absolute atomic E-state index is 0.162. The van der Waals surface area contributed by atoms with E-state index >= 15 is 0 Å². The Morgan fingerprint density at radius 3 is 2.60 bits per heavy atom. The molecule has 1 amide bonds. The molecule has 0 aromatic heterocycles. The van der Waals surface area contributed by atoms with E-state index in [1.54, 1.807) is 0 Å². The lowest BCUT2D eigenvalue weighted by Gasteiger charge is -2.33. The number of carbonyl (C=O) groups is 2. The summed E-state index contributed by atoms with van der Waals surface area (Å²) in [5.74, 6) is 0.219. The molecule has 6 heteroatoms. The van der Waals surface area contributed by atoms with Crippen LogP contribution in [0.2, 0.25) is 0 Å². The molecule has 0 saturated heterocycles. The third-order valence-corrected chi connectivity index (χ3v) is 3.83. The van der Waals surface area contributed by atoms with Crippen molar-refractivity contribution in [2.24, 2.45) is 0 Å². The van der Waals surface area contributed by atoms with Crippen molar-refractivity contribution in [3.8, 4) is 5.75 Å². The first-order chi connectivity index (χ1) is 12.1. The Labute approximate surface area is 145 Å². The maximum atomic E-state index is 12.2. The summed E-state index contributed by atoms with van der Waals surface area (Å²) in [5.41, 5.74) is 1.64. The van der Waals surface area contributed by atoms with Gasteiger partial charge in [-0.15, -0.1) is 0 Å². The first-order valence-corrected chi connectivity index (χ1v) is 7.99. The summed E-state index contributed by atoms with van der Waals surface area (Å²) >= 11 is 0. The second-order valence-electron chi connectivity index (χ2n) is 5.68. The molecular weight excluding hydrogens is 322 g/mol. The van der Waals surface area contributed by atoms with Crippen LogP contribution in [0.15, 0.2) is 54.6 Å². The van der Waals surface area contributed by atoms with Crippen LogP contribution >= 0.6 is 0 Å². The molecule has 1 aliphatic rings. The van der Waals surface area contributed by atoms with E-state index in [0.29, 0.717) is 5.75 Å². The molecule has 0 spiro atoms. The fraction of sp³-hybridized carbons (Fsp3) is 0.263. The number of amides is 1. The maximum Gasteiger partial charge on any atom is 0.408 e. The zero-order chi connectivity index (χ0) is 17.6. The fourth-order valence-electron chi connectivity index (χ4n) is 2.72. The Bertz CT molecular complexity index is 746. The van der Waals surface area contributed by atoms with Crippen LogP contribution in [0.3, 0.4) is 0 Å². The third kappa shape index (κ3) is 4.29. The van der Waals surface area contributed by atoms with Gasteiger partial charge in [-0.2, -0.15) is 0 Å². The number of esters is 1. The van der Waals surface area contributed by atoms with Gasteiger partial charge in [-0.1, -0.05) is 48.5 Å². The van der Waals surface area contributed by atoms with E-state index in [9.17, 15) is 9.59 Å². The molecule has 2 aromatic rings. The van der Waals surface area contributed by atoms with E-state index in [4.69, 9.17) is 14.2 Å². The van der Waals surface area contributed by atoms with Gasteiger partial charge in [0.1, 0.15) is 25.0 Å². The second-order valence-corrected chi connectivity index (χ2v) is 5.68. The molecule has 130 valence electrons. The maximum absolute atomic E-state index is 12.2. The number of fused-ring (bicyclic) bond motifs is 1. The predicted octanol–water partition coefficient (Wildman–Crippen LogP) is 2.98. The minimum Gasteiger partial charge on any atom is -0.489 e. The van der Waals surface area contributed by atoms with Gasteiger partial charge in [0.15, 0.2) is 6.10 Å². The fourth-order valence-corrected chi connectivity index (χ4v) is 2.72. The Kier molecular flexibility index (Phi) is 5.18. The lowest BCUT2D eigenvalue weighted by atomic mass is 9.98. The number of para-hydroxylation sites is 1. The van der Waals surface area contributed by atoms with E-state index in [2.05, 4.69) is 5.32 Å². The van der Waals surface area contributed by atoms with Gasteiger partial charge in [-0.25, -0.2) is 4.79 Å². The Hall–Kier alpha value is -3.02. The highest BCUT2D eigenvalue weighted by Crippen LogP contribution is 2.33. The highest BCUT2D eigenvalue weighted by Gasteiger charge is 2.34. The standard InChI is InChI=1S/C19H19NO5/c1-13(21)25-17-12-23-16-10-6-5-9-15(16)18(17)20-19(22)24-11-14-7-3-2-4-8-14/h2-10,17-18H,11-12H2,1H3,(H,20,22)/t17-,18+/m1/s1. The van der Waals surface area contributed by atoms with E-state index < -0.39 is 24.2 Å². The molecule has 1 aliphatic heterocycles. The molecule has 2 atom stereocenters. The summed E-state index contributed by atoms with van der Waals surface area (Å²) in [7, 11) is 0. The molecule has 0 saturated carbocycles. The monoisotopic (exact) mass is 341 g/mol. The van der Waals surface area contributed by atoms with Crippen molar-refractivity contribution in [1.29, 1.82) is 0 Å². The van der Waals surface area contributed by atoms with Crippen molar-refractivity contribution in [1.82, 2.24) is 5.32 Å². The summed E-state index contributed by atoms with van der Waals surface area (Å²) in [5, 5.41) is 2.78. The molecule has 1 N–H and O–H groups in total. The number of nitrogens with one attached hydrogen (secondary N) is 1. The van der Waals surface area contributed by atoms with Gasteiger partial charge < -0.3 is 19.5 Å². The molecule has 2 aromatic carbocycles. The first-order valence-electron chi connectivity index (χ1n) is 7.99. The van der Waals surface area contributed by atoms with Crippen molar-refractivity contribution in [2.75, 3.05) is 6.61 Å². The molecule has 0 bridgehead atoms. The van der Waals surface area contributed by atoms with E-state index in [-0.39, 0.29) is 13.2 Å². The molecule has 0 aliphatic carbocycles. The van der Waals surface area contributed by atoms with Crippen molar-refractivity contribution < 1.29 is 23.8 Å². The Balaban J connectivity index is 1.70. The van der Waals surface area contributed by atoms with Crippen LogP contribution in [0.5, 0.6) is 5.75 Å². The topological polar surface area (TPSA) is 73.9 Å². The Morgan fingerprint density at radius 1 is 1.12 bits per heavy atom. The summed E-state index contributed by atoms with van der Waals surface area (Å²) in [6, 6.07) is 16.2. The van der Waals surface area contributed by atoms with Gasteiger partial charge in [0.25, 0.3) is 0 Å². The summed E-state index contributed by atoms with van der Waals surface area (Å²) in [4.78, 5) is 23.6. The van der Waals surface area contributed by atoms with Crippen LogP contribution in [0.25, 0.3) is 0 Å². The number of alkyl carbamates (subject to hydrolysis) is 1. The second kappa shape index (κ2) is 7.70. The minimum atomic E-state index is -0.614. The van der Waals surface area contributed by atoms with Crippen LogP contribution in [0.1, 0.15) is 24.1 Å². The smallest absolute Gasteiger partial charge is 0.408 e. The van der Waals surface area contributed by atoms with Crippen molar-refractivity contribution in [3.63, 3.8) is 0 Å². The number of benzene rings is 2. The highest BCUT2D eigenvalue weighted by atomic mass is 16.6. The SMILES string of the molecule is CC(=O)O[C@@H]1COc2ccccc2[C@@H]1NC(=O)OCc1ccccc1. The third-order valence-electron chi connectivity index (χ3n) is 3.83. The molecule has 0 radical (unpaired) electrons. The molecule has 25 heavy (non-hydrogen) atoms. The van der Waals surface area contributed by atoms with Gasteiger partial charge in [-0.05, 0) is 11.6 Å². The Morgan fingerprint density at radius 2 is 1.84 bits per heavy atom. The molecule has 0 fully saturated rings. The van der Waals surface area contributed by atoms with Gasteiger partial charge in [0, 0.05) is 12.5 Å². The van der Waals surface area contributed by atoms with Gasteiger partial charge in [0.05, 0.1) is 0 Å². The lowest BCUT2D eigenvalue weighted by molar-refractivity contribution is -0.150. The van der Waals surface area contributed by atoms with E-state index in [1.165, 1.54) is 6.92 Å². The molecular formula is C19H19NO5. The molecule has 0 unspecified atom stereocenters. The molecule has 1 heterocycles. The zero-order valence-corrected chi connectivity index (χ0v) is 13.8. The molecule has 6 nitrogen and oxygen atoms in total. The van der Waals surface area contributed by atoms with Gasteiger partial charge in [0.2, 0.25) is 0 Å². The number of carbonyl (C=O) groups excluding carboxylic acids is 2. The summed E-state index contributed by atoms with van der Waals surface area (Å²) in [6.45, 7) is 1.65. The van der Waals surface area contributed by atoms with Crippen LogP contribution in [-0.4, -0.2) is 24.8 Å². The number of hydrogen-bond donors (Lipinski definition) is 1. The average molecular weight is 341 g/mol. The zero-order valence-electron chi connectivity index (χ0n) is 13.8. The van der Waals surface area contributed by atoms with Crippen molar-refractivity contribution >= 4 is 12.1 Å². The van der Waals surface area contributed by atoms with Crippen LogP contribution < -0.4 is 10.1 Å². The quantitative estimate of drug-likeness (QED) is 0.866. The van der Waals surface area contributed by atoms with Gasteiger partial charge in [-0.3, -0.25) is 4.79 Å².